The van der Waals surface area contributed by atoms with Gasteiger partial charge < -0.3 is 0 Å². The fourth-order valence-corrected chi connectivity index (χ4v) is 3.52. The van der Waals surface area contributed by atoms with Crippen molar-refractivity contribution >= 4 is 37.3 Å². The van der Waals surface area contributed by atoms with E-state index in [-0.39, 0.29) is 9.37 Å². The number of nitrogens with zero attached hydrogens (tertiary/aromatic N) is 1. The Morgan fingerprint density at radius 1 is 1.16 bits per heavy atom. The molecular formula is C14H10BrF3N2O4S. The number of aryl methyl sites for hydroxylation is 1. The van der Waals surface area contributed by atoms with E-state index in [4.69, 9.17) is 0 Å². The molecule has 0 fully saturated rings. The fraction of sp³-hybridized carbons (Fsp3) is 0.143. The van der Waals surface area contributed by atoms with Crippen molar-refractivity contribution in [1.82, 2.24) is 0 Å². The molecule has 0 aromatic heterocycles. The molecule has 6 nitrogen and oxygen atoms in total. The number of halogens is 4. The molecule has 0 atom stereocenters. The van der Waals surface area contributed by atoms with Gasteiger partial charge in [0.1, 0.15) is 5.69 Å². The maximum atomic E-state index is 13.2. The number of nitro benzene ring substituents is 1. The first-order valence-corrected chi connectivity index (χ1v) is 8.84. The minimum atomic E-state index is -5.00. The molecule has 1 N–H and O–H groups in total. The third-order valence-corrected chi connectivity index (χ3v) is 4.98. The minimum Gasteiger partial charge on any atom is -0.272 e. The predicted octanol–water partition coefficient (Wildman–Crippen LogP) is 4.49. The van der Waals surface area contributed by atoms with Gasteiger partial charge in [-0.3, -0.25) is 14.8 Å². The summed E-state index contributed by atoms with van der Waals surface area (Å²) in [6.07, 6.45) is -5.00. The van der Waals surface area contributed by atoms with Crippen LogP contribution in [0.3, 0.4) is 0 Å². The number of nitrogens with one attached hydrogen (secondary N) is 1. The average molecular weight is 439 g/mol. The molecule has 0 aliphatic heterocycles. The van der Waals surface area contributed by atoms with E-state index in [1.807, 2.05) is 0 Å². The summed E-state index contributed by atoms with van der Waals surface area (Å²) in [5.41, 5.74) is -2.88. The second-order valence-electron chi connectivity index (χ2n) is 5.02. The van der Waals surface area contributed by atoms with Crippen molar-refractivity contribution in [3.63, 3.8) is 0 Å². The summed E-state index contributed by atoms with van der Waals surface area (Å²) in [7, 11) is -4.45. The Morgan fingerprint density at radius 3 is 2.20 bits per heavy atom. The highest BCUT2D eigenvalue weighted by Gasteiger charge is 2.39. The van der Waals surface area contributed by atoms with Gasteiger partial charge in [0.2, 0.25) is 0 Å². The van der Waals surface area contributed by atoms with Crippen LogP contribution >= 0.6 is 15.9 Å². The van der Waals surface area contributed by atoms with Gasteiger partial charge in [0.25, 0.3) is 15.7 Å². The van der Waals surface area contributed by atoms with Crippen LogP contribution in [0, 0.1) is 17.0 Å². The fourth-order valence-electron chi connectivity index (χ4n) is 1.98. The van der Waals surface area contributed by atoms with E-state index in [0.717, 1.165) is 11.6 Å². The van der Waals surface area contributed by atoms with Crippen LogP contribution in [0.2, 0.25) is 0 Å². The van der Waals surface area contributed by atoms with E-state index in [2.05, 4.69) is 15.9 Å². The summed E-state index contributed by atoms with van der Waals surface area (Å²) in [5, 5.41) is 11.1. The monoisotopic (exact) mass is 438 g/mol. The zero-order valence-electron chi connectivity index (χ0n) is 12.5. The summed E-state index contributed by atoms with van der Waals surface area (Å²) in [4.78, 5) is 9.70. The second-order valence-corrected chi connectivity index (χ2v) is 7.62. The third-order valence-electron chi connectivity index (χ3n) is 3.15. The minimum absolute atomic E-state index is 0.204. The molecule has 2 rings (SSSR count). The number of sulfonamides is 1. The molecule has 0 saturated carbocycles. The van der Waals surface area contributed by atoms with Gasteiger partial charge in [-0.15, -0.1) is 0 Å². The van der Waals surface area contributed by atoms with E-state index >= 15 is 0 Å². The topological polar surface area (TPSA) is 89.3 Å². The maximum Gasteiger partial charge on any atom is 0.418 e. The number of hydrogen-bond donors (Lipinski definition) is 1. The van der Waals surface area contributed by atoms with Gasteiger partial charge in [-0.25, -0.2) is 8.42 Å². The predicted molar refractivity (Wildman–Crippen MR) is 87.8 cm³/mol. The number of nitro groups is 1. The van der Waals surface area contributed by atoms with Crippen LogP contribution < -0.4 is 4.72 Å². The molecule has 0 amide bonds. The van der Waals surface area contributed by atoms with Gasteiger partial charge in [0.15, 0.2) is 0 Å². The van der Waals surface area contributed by atoms with E-state index in [0.29, 0.717) is 6.07 Å². The lowest BCUT2D eigenvalue weighted by molar-refractivity contribution is -0.384. The number of alkyl halides is 3. The molecule has 0 spiro atoms. The molecule has 0 bridgehead atoms. The third kappa shape index (κ3) is 4.28. The van der Waals surface area contributed by atoms with Crippen LogP contribution in [-0.4, -0.2) is 13.3 Å². The molecule has 0 aliphatic carbocycles. The Morgan fingerprint density at radius 2 is 1.72 bits per heavy atom. The molecular weight excluding hydrogens is 429 g/mol. The van der Waals surface area contributed by atoms with Crippen LogP contribution in [0.15, 0.2) is 45.8 Å². The lowest BCUT2D eigenvalue weighted by atomic mass is 10.1. The first-order chi connectivity index (χ1) is 11.4. The Bertz CT molecular complexity index is 928. The van der Waals surface area contributed by atoms with Crippen molar-refractivity contribution in [2.75, 3.05) is 4.72 Å². The normalized spacial score (nSPS) is 12.0. The molecule has 0 heterocycles. The largest absolute Gasteiger partial charge is 0.418 e. The van der Waals surface area contributed by atoms with Crippen LogP contribution in [0.1, 0.15) is 11.1 Å². The SMILES string of the molecule is Cc1ccc(S(=O)(=O)Nc2c([N+](=O)[O-])cc(Br)cc2C(F)(F)F)cc1. The zero-order valence-corrected chi connectivity index (χ0v) is 14.9. The summed E-state index contributed by atoms with van der Waals surface area (Å²) in [5.74, 6) is 0. The highest BCUT2D eigenvalue weighted by Crippen LogP contribution is 2.42. The number of hydrogen-bond acceptors (Lipinski definition) is 4. The van der Waals surface area contributed by atoms with Crippen LogP contribution in [0.5, 0.6) is 0 Å². The van der Waals surface area contributed by atoms with Gasteiger partial charge in [0.05, 0.1) is 15.4 Å². The average Bonchev–Trinajstić information content (AvgIpc) is 2.47. The van der Waals surface area contributed by atoms with Gasteiger partial charge in [-0.2, -0.15) is 13.2 Å². The van der Waals surface area contributed by atoms with Crippen LogP contribution in [-0.2, 0) is 16.2 Å². The van der Waals surface area contributed by atoms with Crippen LogP contribution in [0.25, 0.3) is 0 Å². The standard InChI is InChI=1S/C14H10BrF3N2O4S/c1-8-2-4-10(5-3-8)25(23,24)19-13-11(14(16,17)18)6-9(15)7-12(13)20(21)22/h2-7,19H,1H3. The second kappa shape index (κ2) is 6.64. The van der Waals surface area contributed by atoms with Crippen molar-refractivity contribution in [2.45, 2.75) is 18.0 Å². The maximum absolute atomic E-state index is 13.2. The Kier molecular flexibility index (Phi) is 5.09. The first kappa shape index (κ1) is 19.2. The van der Waals surface area contributed by atoms with Gasteiger partial charge in [-0.1, -0.05) is 33.6 Å². The molecule has 2 aromatic carbocycles. The Hall–Kier alpha value is -2.14. The summed E-state index contributed by atoms with van der Waals surface area (Å²) >= 11 is 2.76. The van der Waals surface area contributed by atoms with E-state index in [9.17, 15) is 31.7 Å². The highest BCUT2D eigenvalue weighted by molar-refractivity contribution is 9.10. The van der Waals surface area contributed by atoms with E-state index in [1.54, 1.807) is 11.6 Å². The molecule has 134 valence electrons. The van der Waals surface area contributed by atoms with Crippen molar-refractivity contribution in [1.29, 1.82) is 0 Å². The number of rotatable bonds is 4. The van der Waals surface area contributed by atoms with Gasteiger partial charge in [0, 0.05) is 10.5 Å². The van der Waals surface area contributed by atoms with Gasteiger partial charge >= 0.3 is 6.18 Å². The Balaban J connectivity index is 2.65. The molecule has 25 heavy (non-hydrogen) atoms. The lowest BCUT2D eigenvalue weighted by Gasteiger charge is -2.15. The van der Waals surface area contributed by atoms with Crippen molar-refractivity contribution < 1.29 is 26.5 Å². The van der Waals surface area contributed by atoms with Gasteiger partial charge in [-0.05, 0) is 25.1 Å². The smallest absolute Gasteiger partial charge is 0.272 e. The van der Waals surface area contributed by atoms with E-state index in [1.165, 1.54) is 24.3 Å². The number of benzene rings is 2. The molecule has 0 unspecified atom stereocenters. The van der Waals surface area contributed by atoms with Crippen LogP contribution in [0.4, 0.5) is 24.5 Å². The molecule has 0 aliphatic rings. The molecule has 0 saturated heterocycles. The summed E-state index contributed by atoms with van der Waals surface area (Å²) in [6, 6.07) is 6.65. The molecule has 0 radical (unpaired) electrons. The highest BCUT2D eigenvalue weighted by atomic mass is 79.9. The summed E-state index contributed by atoms with van der Waals surface area (Å²) in [6.45, 7) is 1.70. The van der Waals surface area contributed by atoms with Crippen molar-refractivity contribution in [3.8, 4) is 0 Å². The molecule has 2 aromatic rings. The lowest BCUT2D eigenvalue weighted by Crippen LogP contribution is -2.18. The van der Waals surface area contributed by atoms with Crippen molar-refractivity contribution in [3.05, 3.63) is 62.1 Å². The number of anilines is 1. The Labute approximate surface area is 149 Å². The molecule has 11 heteroatoms. The summed E-state index contributed by atoms with van der Waals surface area (Å²) < 4.78 is 65.8. The van der Waals surface area contributed by atoms with Crippen molar-refractivity contribution in [2.24, 2.45) is 0 Å². The quantitative estimate of drug-likeness (QED) is 0.562. The van der Waals surface area contributed by atoms with E-state index < -0.39 is 38.1 Å². The zero-order chi connectivity index (χ0) is 19.0. The first-order valence-electron chi connectivity index (χ1n) is 6.56.